The van der Waals surface area contributed by atoms with Crippen LogP contribution in [0.5, 0.6) is 0 Å². The Balaban J connectivity index is 3.24. The van der Waals surface area contributed by atoms with Gasteiger partial charge >= 0.3 is 5.69 Å². The molecule has 1 heterocycles. The van der Waals surface area contributed by atoms with E-state index in [-0.39, 0.29) is 29.6 Å². The van der Waals surface area contributed by atoms with E-state index in [2.05, 4.69) is 20.7 Å². The molecule has 0 aromatic carbocycles. The van der Waals surface area contributed by atoms with Crippen molar-refractivity contribution in [3.05, 3.63) is 15.8 Å². The van der Waals surface area contributed by atoms with Crippen LogP contribution in [0.3, 0.4) is 0 Å². The first kappa shape index (κ1) is 15.6. The lowest BCUT2D eigenvalue weighted by atomic mass is 10.0. The smallest absolute Gasteiger partial charge is 0.332 e. The number of hydrogen-bond donors (Lipinski definition) is 4. The van der Waals surface area contributed by atoms with Gasteiger partial charge in [0.15, 0.2) is 0 Å². The molecule has 0 aliphatic carbocycles. The number of hydrogen-bond acceptors (Lipinski definition) is 8. The molecule has 1 rings (SSSR count). The topological polar surface area (TPSA) is 162 Å². The average molecular weight is 283 g/mol. The van der Waals surface area contributed by atoms with Crippen molar-refractivity contribution >= 4 is 23.4 Å². The first-order chi connectivity index (χ1) is 9.16. The summed E-state index contributed by atoms with van der Waals surface area (Å²) in [5.74, 6) is 4.68. The van der Waals surface area contributed by atoms with Crippen LogP contribution in [0, 0.1) is 17.0 Å². The molecule has 1 aromatic heterocycles. The highest BCUT2D eigenvalue weighted by molar-refractivity contribution is 5.76. The number of carbonyl (C=O) groups excluding carboxylic acids is 1. The molecule has 20 heavy (non-hydrogen) atoms. The molecule has 0 spiro atoms. The second-order valence-corrected chi connectivity index (χ2v) is 4.88. The van der Waals surface area contributed by atoms with E-state index in [0.717, 1.165) is 0 Å². The number of nitrogens with one attached hydrogen (secondary N) is 2. The van der Waals surface area contributed by atoms with Gasteiger partial charge in [-0.25, -0.2) is 10.8 Å². The number of anilines is 2. The molecule has 0 saturated carbocycles. The summed E-state index contributed by atoms with van der Waals surface area (Å²) in [6.45, 7) is 4.82. The van der Waals surface area contributed by atoms with Crippen molar-refractivity contribution in [2.24, 2.45) is 11.6 Å². The number of nitrogens with zero attached hydrogens (tertiary/aromatic N) is 3. The minimum atomic E-state index is -0.802. The van der Waals surface area contributed by atoms with Crippen LogP contribution in [-0.2, 0) is 4.79 Å². The molecule has 10 nitrogen and oxygen atoms in total. The zero-order chi connectivity index (χ0) is 15.5. The third-order valence-electron chi connectivity index (χ3n) is 2.44. The van der Waals surface area contributed by atoms with Gasteiger partial charge in [-0.05, 0) is 20.8 Å². The Bertz CT molecular complexity index is 544. The van der Waals surface area contributed by atoms with Crippen LogP contribution in [0.4, 0.5) is 17.5 Å². The molecular formula is C10H17N7O3. The predicted molar refractivity (Wildman–Crippen MR) is 72.7 cm³/mol. The van der Waals surface area contributed by atoms with Crippen LogP contribution >= 0.6 is 0 Å². The van der Waals surface area contributed by atoms with Gasteiger partial charge in [-0.1, -0.05) is 0 Å². The Morgan fingerprint density at radius 2 is 2.05 bits per heavy atom. The van der Waals surface area contributed by atoms with Gasteiger partial charge in [-0.15, -0.1) is 0 Å². The molecule has 10 heteroatoms. The highest BCUT2D eigenvalue weighted by Crippen LogP contribution is 2.29. The fourth-order valence-corrected chi connectivity index (χ4v) is 1.74. The van der Waals surface area contributed by atoms with Gasteiger partial charge in [0.25, 0.3) is 0 Å². The summed E-state index contributed by atoms with van der Waals surface area (Å²) >= 11 is 0. The molecular weight excluding hydrogens is 266 g/mol. The zero-order valence-corrected chi connectivity index (χ0v) is 11.4. The molecule has 1 amide bonds. The molecule has 0 bridgehead atoms. The summed E-state index contributed by atoms with van der Waals surface area (Å²) in [4.78, 5) is 29.2. The third kappa shape index (κ3) is 3.75. The van der Waals surface area contributed by atoms with Crippen molar-refractivity contribution in [3.8, 4) is 0 Å². The number of nitrogen functional groups attached to an aromatic ring is 1. The normalized spacial score (nSPS) is 11.0. The van der Waals surface area contributed by atoms with Crippen LogP contribution in [-0.4, -0.2) is 26.3 Å². The maximum absolute atomic E-state index is 11.1. The number of aryl methyl sites for hydroxylation is 1. The Morgan fingerprint density at radius 1 is 1.45 bits per heavy atom. The van der Waals surface area contributed by atoms with E-state index in [1.54, 1.807) is 13.8 Å². The number of rotatable bonds is 6. The standard InChI is InChI=1S/C10H17N7O3/c1-5-7(17(19)20)8(14-9(13-5)16-12)15-10(2,3)4-6(11)18/h4,12H2,1-3H3,(H2,11,18)(H2,13,14,15,16). The van der Waals surface area contributed by atoms with Gasteiger partial charge < -0.3 is 11.1 Å². The van der Waals surface area contributed by atoms with Gasteiger partial charge in [-0.3, -0.25) is 20.3 Å². The monoisotopic (exact) mass is 283 g/mol. The average Bonchev–Trinajstić information content (AvgIpc) is 2.24. The highest BCUT2D eigenvalue weighted by Gasteiger charge is 2.28. The number of hydrazine groups is 1. The largest absolute Gasteiger partial charge is 0.370 e. The number of nitrogens with two attached hydrogens (primary N) is 2. The van der Waals surface area contributed by atoms with E-state index >= 15 is 0 Å². The van der Waals surface area contributed by atoms with Crippen molar-refractivity contribution in [1.82, 2.24) is 9.97 Å². The molecule has 0 radical (unpaired) electrons. The fraction of sp³-hybridized carbons (Fsp3) is 0.500. The second-order valence-electron chi connectivity index (χ2n) is 4.88. The number of nitro groups is 1. The summed E-state index contributed by atoms with van der Waals surface area (Å²) in [5, 5.41) is 13.9. The second kappa shape index (κ2) is 5.65. The Kier molecular flexibility index (Phi) is 4.40. The van der Waals surface area contributed by atoms with E-state index in [1.807, 2.05) is 0 Å². The molecule has 0 aliphatic rings. The lowest BCUT2D eigenvalue weighted by Crippen LogP contribution is -2.36. The zero-order valence-electron chi connectivity index (χ0n) is 11.4. The fourth-order valence-electron chi connectivity index (χ4n) is 1.74. The minimum absolute atomic E-state index is 0.0153. The molecule has 0 saturated heterocycles. The SMILES string of the molecule is Cc1nc(NN)nc(NC(C)(C)CC(N)=O)c1[N+](=O)[O-]. The number of aromatic nitrogens is 2. The van der Waals surface area contributed by atoms with Gasteiger partial charge in [0, 0.05) is 12.0 Å². The lowest BCUT2D eigenvalue weighted by molar-refractivity contribution is -0.385. The van der Waals surface area contributed by atoms with Gasteiger partial charge in [-0.2, -0.15) is 4.98 Å². The third-order valence-corrected chi connectivity index (χ3v) is 2.44. The first-order valence-electron chi connectivity index (χ1n) is 5.72. The molecule has 0 fully saturated rings. The van der Waals surface area contributed by atoms with Crippen molar-refractivity contribution in [1.29, 1.82) is 0 Å². The van der Waals surface area contributed by atoms with Crippen LogP contribution in [0.2, 0.25) is 0 Å². The summed E-state index contributed by atoms with van der Waals surface area (Å²) in [5.41, 5.74) is 6.43. The molecule has 0 aliphatic heterocycles. The van der Waals surface area contributed by atoms with Crippen LogP contribution in [0.1, 0.15) is 26.0 Å². The van der Waals surface area contributed by atoms with E-state index in [4.69, 9.17) is 11.6 Å². The van der Waals surface area contributed by atoms with Crippen LogP contribution in [0.15, 0.2) is 0 Å². The van der Waals surface area contributed by atoms with E-state index < -0.39 is 16.4 Å². The van der Waals surface area contributed by atoms with E-state index in [1.165, 1.54) is 6.92 Å². The lowest BCUT2D eigenvalue weighted by Gasteiger charge is -2.25. The van der Waals surface area contributed by atoms with Gasteiger partial charge in [0.1, 0.15) is 5.69 Å². The Labute approximate surface area is 115 Å². The quantitative estimate of drug-likeness (QED) is 0.323. The van der Waals surface area contributed by atoms with Gasteiger partial charge in [0.2, 0.25) is 17.7 Å². The van der Waals surface area contributed by atoms with Crippen LogP contribution in [0.25, 0.3) is 0 Å². The molecule has 1 aromatic rings. The first-order valence-corrected chi connectivity index (χ1v) is 5.72. The summed E-state index contributed by atoms with van der Waals surface area (Å²) < 4.78 is 0. The number of amides is 1. The molecule has 110 valence electrons. The maximum atomic E-state index is 11.1. The molecule has 6 N–H and O–H groups in total. The summed E-state index contributed by atoms with van der Waals surface area (Å²) in [7, 11) is 0. The highest BCUT2D eigenvalue weighted by atomic mass is 16.6. The summed E-state index contributed by atoms with van der Waals surface area (Å²) in [6, 6.07) is 0. The summed E-state index contributed by atoms with van der Waals surface area (Å²) in [6.07, 6.45) is -0.0153. The van der Waals surface area contributed by atoms with E-state index in [9.17, 15) is 14.9 Å². The van der Waals surface area contributed by atoms with Gasteiger partial charge in [0.05, 0.1) is 4.92 Å². The van der Waals surface area contributed by atoms with Crippen molar-refractivity contribution in [2.75, 3.05) is 10.7 Å². The van der Waals surface area contributed by atoms with Crippen LogP contribution < -0.4 is 22.3 Å². The van der Waals surface area contributed by atoms with Crippen molar-refractivity contribution in [2.45, 2.75) is 32.7 Å². The molecule has 0 atom stereocenters. The number of carbonyl (C=O) groups is 1. The maximum Gasteiger partial charge on any atom is 0.332 e. The predicted octanol–water partition coefficient (Wildman–Crippen LogP) is 0.0447. The Morgan fingerprint density at radius 3 is 2.50 bits per heavy atom. The Hall–Kier alpha value is -2.49. The van der Waals surface area contributed by atoms with E-state index in [0.29, 0.717) is 0 Å². The van der Waals surface area contributed by atoms with Crippen molar-refractivity contribution in [3.63, 3.8) is 0 Å². The number of primary amides is 1. The minimum Gasteiger partial charge on any atom is -0.370 e. The molecule has 0 unspecified atom stereocenters. The van der Waals surface area contributed by atoms with Crippen molar-refractivity contribution < 1.29 is 9.72 Å².